The van der Waals surface area contributed by atoms with Crippen molar-refractivity contribution in [1.29, 1.82) is 0 Å². The summed E-state index contributed by atoms with van der Waals surface area (Å²) in [7, 11) is 0. The van der Waals surface area contributed by atoms with E-state index in [-0.39, 0.29) is 0 Å². The molecule has 0 atom stereocenters. The van der Waals surface area contributed by atoms with Gasteiger partial charge in [0.05, 0.1) is 24.0 Å². The minimum atomic E-state index is 0.503. The number of nitrogens with zero attached hydrogens (tertiary/aromatic N) is 4. The van der Waals surface area contributed by atoms with Crippen LogP contribution in [0.2, 0.25) is 0 Å². The van der Waals surface area contributed by atoms with E-state index in [1.165, 1.54) is 0 Å². The summed E-state index contributed by atoms with van der Waals surface area (Å²) >= 11 is 0. The normalized spacial score (nSPS) is 10.8. The number of anilines is 2. The van der Waals surface area contributed by atoms with Gasteiger partial charge in [0.2, 0.25) is 0 Å². The van der Waals surface area contributed by atoms with E-state index in [2.05, 4.69) is 15.0 Å². The number of benzene rings is 1. The predicted molar refractivity (Wildman–Crippen MR) is 82.3 cm³/mol. The summed E-state index contributed by atoms with van der Waals surface area (Å²) in [5, 5.41) is 1.65. The zero-order valence-electron chi connectivity index (χ0n) is 12.0. The second-order valence-corrected chi connectivity index (χ2v) is 4.63. The fourth-order valence-corrected chi connectivity index (χ4v) is 2.09. The highest BCUT2D eigenvalue weighted by Crippen LogP contribution is 2.24. The lowest BCUT2D eigenvalue weighted by atomic mass is 10.2. The molecule has 0 aliphatic heterocycles. The summed E-state index contributed by atoms with van der Waals surface area (Å²) in [5.74, 6) is 0.503. The summed E-state index contributed by atoms with van der Waals surface area (Å²) in [5.41, 5.74) is 3.61. The van der Waals surface area contributed by atoms with E-state index < -0.39 is 0 Å². The van der Waals surface area contributed by atoms with Gasteiger partial charge in [0, 0.05) is 6.20 Å². The topological polar surface area (TPSA) is 51.1 Å². The third kappa shape index (κ3) is 2.83. The van der Waals surface area contributed by atoms with Crippen molar-refractivity contribution in [2.75, 3.05) is 11.7 Å². The van der Waals surface area contributed by atoms with Gasteiger partial charge in [-0.25, -0.2) is 9.97 Å². The van der Waals surface area contributed by atoms with Gasteiger partial charge in [0.1, 0.15) is 5.52 Å². The van der Waals surface area contributed by atoms with Gasteiger partial charge in [-0.15, -0.1) is 0 Å². The molecule has 2 aromatic heterocycles. The van der Waals surface area contributed by atoms with E-state index in [1.54, 1.807) is 17.5 Å². The molecule has 0 aliphatic rings. The maximum absolute atomic E-state index is 5.71. The van der Waals surface area contributed by atoms with Gasteiger partial charge in [-0.05, 0) is 43.7 Å². The van der Waals surface area contributed by atoms with Crippen molar-refractivity contribution in [3.63, 3.8) is 0 Å². The second kappa shape index (κ2) is 5.85. The van der Waals surface area contributed by atoms with Crippen molar-refractivity contribution >= 4 is 22.7 Å². The summed E-state index contributed by atoms with van der Waals surface area (Å²) in [4.78, 5) is 18.8. The molecule has 1 aromatic carbocycles. The van der Waals surface area contributed by atoms with Crippen LogP contribution in [0.4, 0.5) is 11.6 Å². The maximum Gasteiger partial charge on any atom is 0.255 e. The average Bonchev–Trinajstić information content (AvgIpc) is 2.52. The molecule has 3 rings (SSSR count). The predicted octanol–water partition coefficient (Wildman–Crippen LogP) is 3.42. The Bertz CT molecular complexity index is 760. The highest BCUT2D eigenvalue weighted by molar-refractivity contribution is 5.74. The molecule has 3 aromatic rings. The monoisotopic (exact) mass is 280 g/mol. The third-order valence-electron chi connectivity index (χ3n) is 3.01. The minimum Gasteiger partial charge on any atom is -0.266 e. The highest BCUT2D eigenvalue weighted by atomic mass is 16.7. The lowest BCUT2D eigenvalue weighted by Crippen LogP contribution is -2.20. The first-order valence-electron chi connectivity index (χ1n) is 6.85. The molecule has 106 valence electrons. The summed E-state index contributed by atoms with van der Waals surface area (Å²) in [6.07, 6.45) is 3.44. The van der Waals surface area contributed by atoms with Crippen LogP contribution in [0.3, 0.4) is 0 Å². The molecule has 21 heavy (non-hydrogen) atoms. The zero-order chi connectivity index (χ0) is 14.7. The molecule has 5 heteroatoms. The van der Waals surface area contributed by atoms with Crippen LogP contribution < -0.4 is 5.06 Å². The Labute approximate surface area is 123 Å². The Kier molecular flexibility index (Phi) is 3.75. The molecule has 0 saturated heterocycles. The van der Waals surface area contributed by atoms with Crippen LogP contribution in [0.25, 0.3) is 11.0 Å². The van der Waals surface area contributed by atoms with Crippen LogP contribution >= 0.6 is 0 Å². The van der Waals surface area contributed by atoms with Crippen LogP contribution in [0.5, 0.6) is 0 Å². The van der Waals surface area contributed by atoms with Crippen molar-refractivity contribution in [1.82, 2.24) is 15.0 Å². The van der Waals surface area contributed by atoms with Crippen molar-refractivity contribution < 1.29 is 4.84 Å². The first kappa shape index (κ1) is 13.5. The fourth-order valence-electron chi connectivity index (χ4n) is 2.09. The number of aromatic nitrogens is 3. The van der Waals surface area contributed by atoms with Crippen molar-refractivity contribution in [2.45, 2.75) is 13.8 Å². The van der Waals surface area contributed by atoms with Crippen LogP contribution in [-0.4, -0.2) is 21.6 Å². The van der Waals surface area contributed by atoms with Gasteiger partial charge in [0.25, 0.3) is 5.95 Å². The van der Waals surface area contributed by atoms with Crippen molar-refractivity contribution in [2.24, 2.45) is 0 Å². The maximum atomic E-state index is 5.71. The standard InChI is InChI=1S/C16H16N4O/c1-3-21-20(13-7-4-6-12(2)10-13)16-18-11-15-14(19-16)8-5-9-17-15/h4-11H,3H2,1-2H3. The minimum absolute atomic E-state index is 0.503. The molecule has 0 saturated carbocycles. The van der Waals surface area contributed by atoms with E-state index >= 15 is 0 Å². The largest absolute Gasteiger partial charge is 0.266 e. The van der Waals surface area contributed by atoms with Gasteiger partial charge < -0.3 is 0 Å². The van der Waals surface area contributed by atoms with E-state index in [1.807, 2.05) is 50.2 Å². The smallest absolute Gasteiger partial charge is 0.255 e. The Morgan fingerprint density at radius 2 is 2.00 bits per heavy atom. The number of fused-ring (bicyclic) bond motifs is 1. The SMILES string of the molecule is CCON(c1cccc(C)c1)c1ncc2ncccc2n1. The molecule has 0 N–H and O–H groups in total. The molecular weight excluding hydrogens is 264 g/mol. The van der Waals surface area contributed by atoms with Crippen LogP contribution in [0, 0.1) is 6.92 Å². The summed E-state index contributed by atoms with van der Waals surface area (Å²) in [6, 6.07) is 11.8. The van der Waals surface area contributed by atoms with Crippen LogP contribution in [0.1, 0.15) is 12.5 Å². The van der Waals surface area contributed by atoms with E-state index in [4.69, 9.17) is 4.84 Å². The molecule has 5 nitrogen and oxygen atoms in total. The number of rotatable bonds is 4. The molecule has 0 aliphatic carbocycles. The average molecular weight is 280 g/mol. The van der Waals surface area contributed by atoms with E-state index in [0.717, 1.165) is 22.3 Å². The molecule has 0 fully saturated rings. The molecule has 0 unspecified atom stereocenters. The quantitative estimate of drug-likeness (QED) is 0.685. The summed E-state index contributed by atoms with van der Waals surface area (Å²) < 4.78 is 0. The molecule has 2 heterocycles. The lowest BCUT2D eigenvalue weighted by molar-refractivity contribution is 0.146. The van der Waals surface area contributed by atoms with Crippen molar-refractivity contribution in [3.05, 3.63) is 54.4 Å². The Morgan fingerprint density at radius 3 is 2.81 bits per heavy atom. The summed E-state index contributed by atoms with van der Waals surface area (Å²) in [6.45, 7) is 4.51. The number of pyridine rings is 1. The van der Waals surface area contributed by atoms with E-state index in [9.17, 15) is 0 Å². The number of aryl methyl sites for hydroxylation is 1. The first-order chi connectivity index (χ1) is 10.3. The van der Waals surface area contributed by atoms with E-state index in [0.29, 0.717) is 12.6 Å². The molecule has 0 amide bonds. The Hall–Kier alpha value is -2.53. The van der Waals surface area contributed by atoms with Gasteiger partial charge in [0.15, 0.2) is 0 Å². The van der Waals surface area contributed by atoms with Gasteiger partial charge >= 0.3 is 0 Å². The van der Waals surface area contributed by atoms with Gasteiger partial charge in [-0.1, -0.05) is 12.1 Å². The van der Waals surface area contributed by atoms with Gasteiger partial charge in [-0.3, -0.25) is 9.82 Å². The van der Waals surface area contributed by atoms with Gasteiger partial charge in [-0.2, -0.15) is 5.06 Å². The Balaban J connectivity index is 2.06. The van der Waals surface area contributed by atoms with Crippen LogP contribution in [0.15, 0.2) is 48.8 Å². The lowest BCUT2D eigenvalue weighted by Gasteiger charge is -2.21. The number of hydrogen-bond acceptors (Lipinski definition) is 5. The fraction of sp³-hybridized carbons (Fsp3) is 0.188. The third-order valence-corrected chi connectivity index (χ3v) is 3.01. The number of hydrogen-bond donors (Lipinski definition) is 0. The zero-order valence-corrected chi connectivity index (χ0v) is 12.0. The molecular formula is C16H16N4O. The molecule has 0 bridgehead atoms. The highest BCUT2D eigenvalue weighted by Gasteiger charge is 2.13. The van der Waals surface area contributed by atoms with Crippen LogP contribution in [-0.2, 0) is 4.84 Å². The molecule has 0 radical (unpaired) electrons. The first-order valence-corrected chi connectivity index (χ1v) is 6.85. The second-order valence-electron chi connectivity index (χ2n) is 4.63. The Morgan fingerprint density at radius 1 is 1.10 bits per heavy atom. The molecule has 0 spiro atoms. The van der Waals surface area contributed by atoms with Crippen molar-refractivity contribution in [3.8, 4) is 0 Å².